The number of benzene rings is 3. The maximum absolute atomic E-state index is 14.0. The molecular weight excluding hydrogens is 413 g/mol. The van der Waals surface area contributed by atoms with E-state index in [9.17, 15) is 14.0 Å². The molecule has 7 heteroatoms. The van der Waals surface area contributed by atoms with Crippen LogP contribution in [0.15, 0.2) is 78.9 Å². The van der Waals surface area contributed by atoms with Crippen molar-refractivity contribution in [2.75, 3.05) is 13.7 Å². The van der Waals surface area contributed by atoms with Gasteiger partial charge in [0.05, 0.1) is 19.2 Å². The molecule has 0 aliphatic carbocycles. The van der Waals surface area contributed by atoms with E-state index in [0.717, 1.165) is 0 Å². The van der Waals surface area contributed by atoms with Crippen LogP contribution in [0, 0.1) is 5.82 Å². The smallest absolute Gasteiger partial charge is 0.328 e. The summed E-state index contributed by atoms with van der Waals surface area (Å²) in [6.45, 7) is 0.104. The highest BCUT2D eigenvalue weighted by Gasteiger charge is 2.42. The molecule has 1 heterocycles. The molecule has 0 N–H and O–H groups in total. The van der Waals surface area contributed by atoms with Crippen LogP contribution in [-0.4, -0.2) is 42.6 Å². The molecule has 1 aliphatic heterocycles. The van der Waals surface area contributed by atoms with Crippen molar-refractivity contribution in [2.45, 2.75) is 18.6 Å². The van der Waals surface area contributed by atoms with Crippen LogP contribution in [0.25, 0.3) is 0 Å². The number of rotatable bonds is 6. The Morgan fingerprint density at radius 1 is 0.906 bits per heavy atom. The van der Waals surface area contributed by atoms with Crippen molar-refractivity contribution in [1.29, 1.82) is 0 Å². The molecule has 0 radical (unpaired) electrons. The van der Waals surface area contributed by atoms with Crippen LogP contribution in [0.3, 0.4) is 0 Å². The zero-order valence-corrected chi connectivity index (χ0v) is 17.4. The fourth-order valence-corrected chi connectivity index (χ4v) is 3.69. The van der Waals surface area contributed by atoms with Gasteiger partial charge in [0.2, 0.25) is 0 Å². The van der Waals surface area contributed by atoms with Crippen LogP contribution in [0.2, 0.25) is 0 Å². The van der Waals surface area contributed by atoms with Crippen molar-refractivity contribution in [3.63, 3.8) is 0 Å². The van der Waals surface area contributed by atoms with E-state index in [1.807, 2.05) is 18.2 Å². The van der Waals surface area contributed by atoms with Gasteiger partial charge >= 0.3 is 5.97 Å². The molecule has 2 unspecified atom stereocenters. The second kappa shape index (κ2) is 9.51. The first-order chi connectivity index (χ1) is 15.6. The number of likely N-dealkylation sites (tertiary alicyclic amines) is 1. The molecule has 164 valence electrons. The van der Waals surface area contributed by atoms with Crippen molar-refractivity contribution in [2.24, 2.45) is 0 Å². The standard InChI is InChI=1S/C25H22FNO5/c1-30-25(29)21-15-18(32-23-14-8-6-12-20(23)26)16-27(21)24(28)19-11-5-7-13-22(19)31-17-9-3-2-4-10-17/h2-14,18,21H,15-16H2,1H3. The Balaban J connectivity index is 1.59. The molecule has 0 aromatic heterocycles. The minimum absolute atomic E-state index is 0.0724. The van der Waals surface area contributed by atoms with E-state index in [1.54, 1.807) is 48.5 Å². The van der Waals surface area contributed by atoms with Gasteiger partial charge in [0, 0.05) is 6.42 Å². The van der Waals surface area contributed by atoms with Gasteiger partial charge in [-0.05, 0) is 36.4 Å². The molecule has 6 nitrogen and oxygen atoms in total. The molecule has 3 aromatic rings. The maximum Gasteiger partial charge on any atom is 0.328 e. The molecule has 1 saturated heterocycles. The Morgan fingerprint density at radius 3 is 2.28 bits per heavy atom. The van der Waals surface area contributed by atoms with Crippen LogP contribution in [0.5, 0.6) is 17.2 Å². The number of nitrogens with zero attached hydrogens (tertiary/aromatic N) is 1. The number of carbonyl (C=O) groups excluding carboxylic acids is 2. The predicted octanol–water partition coefficient (Wildman–Crippen LogP) is 4.45. The summed E-state index contributed by atoms with van der Waals surface area (Å²) in [7, 11) is 1.27. The van der Waals surface area contributed by atoms with E-state index in [2.05, 4.69) is 0 Å². The Bertz CT molecular complexity index is 1100. The van der Waals surface area contributed by atoms with Crippen LogP contribution in [0.4, 0.5) is 4.39 Å². The first kappa shape index (κ1) is 21.4. The topological polar surface area (TPSA) is 65.1 Å². The van der Waals surface area contributed by atoms with Crippen LogP contribution in [-0.2, 0) is 9.53 Å². The fraction of sp³-hybridized carbons (Fsp3) is 0.200. The quantitative estimate of drug-likeness (QED) is 0.535. The molecule has 3 aromatic carbocycles. The lowest BCUT2D eigenvalue weighted by atomic mass is 10.1. The highest BCUT2D eigenvalue weighted by molar-refractivity contribution is 5.99. The number of ether oxygens (including phenoxy) is 3. The molecule has 0 spiro atoms. The molecule has 0 bridgehead atoms. The predicted molar refractivity (Wildman–Crippen MR) is 115 cm³/mol. The van der Waals surface area contributed by atoms with Gasteiger partial charge in [-0.3, -0.25) is 4.79 Å². The molecule has 1 aliphatic rings. The van der Waals surface area contributed by atoms with Gasteiger partial charge in [0.15, 0.2) is 11.6 Å². The van der Waals surface area contributed by atoms with Gasteiger partial charge < -0.3 is 19.1 Å². The van der Waals surface area contributed by atoms with Gasteiger partial charge in [-0.15, -0.1) is 0 Å². The molecule has 1 fully saturated rings. The summed E-state index contributed by atoms with van der Waals surface area (Å²) < 4.78 is 30.6. The zero-order chi connectivity index (χ0) is 22.5. The first-order valence-electron chi connectivity index (χ1n) is 10.2. The Hall–Kier alpha value is -3.87. The van der Waals surface area contributed by atoms with Crippen LogP contribution in [0.1, 0.15) is 16.8 Å². The second-order valence-electron chi connectivity index (χ2n) is 7.31. The van der Waals surface area contributed by atoms with Gasteiger partial charge in [-0.25, -0.2) is 9.18 Å². The SMILES string of the molecule is COC(=O)C1CC(Oc2ccccc2F)CN1C(=O)c1ccccc1Oc1ccccc1. The average molecular weight is 435 g/mol. The summed E-state index contributed by atoms with van der Waals surface area (Å²) in [6, 6.07) is 21.1. The normalized spacial score (nSPS) is 17.6. The fourth-order valence-electron chi connectivity index (χ4n) is 3.69. The number of carbonyl (C=O) groups is 2. The number of para-hydroxylation sites is 3. The van der Waals surface area contributed by atoms with Crippen molar-refractivity contribution in [3.8, 4) is 17.2 Å². The van der Waals surface area contributed by atoms with Gasteiger partial charge in [-0.2, -0.15) is 0 Å². The summed E-state index contributed by atoms with van der Waals surface area (Å²) in [5, 5.41) is 0. The average Bonchev–Trinajstić information content (AvgIpc) is 3.24. The third-order valence-electron chi connectivity index (χ3n) is 5.22. The van der Waals surface area contributed by atoms with Gasteiger partial charge in [-0.1, -0.05) is 42.5 Å². The minimum Gasteiger partial charge on any atom is -0.485 e. The summed E-state index contributed by atoms with van der Waals surface area (Å²) >= 11 is 0. The number of hydrogen-bond donors (Lipinski definition) is 0. The molecule has 1 amide bonds. The third-order valence-corrected chi connectivity index (χ3v) is 5.22. The lowest BCUT2D eigenvalue weighted by molar-refractivity contribution is -0.145. The number of esters is 1. The Labute approximate surface area is 185 Å². The molecule has 4 rings (SSSR count). The number of halogens is 1. The summed E-state index contributed by atoms with van der Waals surface area (Å²) in [5.74, 6) is -0.437. The minimum atomic E-state index is -0.853. The highest BCUT2D eigenvalue weighted by atomic mass is 19.1. The Kier molecular flexibility index (Phi) is 6.35. The first-order valence-corrected chi connectivity index (χ1v) is 10.2. The van der Waals surface area contributed by atoms with Crippen LogP contribution >= 0.6 is 0 Å². The monoisotopic (exact) mass is 435 g/mol. The summed E-state index contributed by atoms with van der Waals surface area (Å²) in [6.07, 6.45) is -0.379. The maximum atomic E-state index is 14.0. The summed E-state index contributed by atoms with van der Waals surface area (Å²) in [4.78, 5) is 27.3. The highest BCUT2D eigenvalue weighted by Crippen LogP contribution is 2.31. The van der Waals surface area contributed by atoms with E-state index >= 15 is 0 Å². The number of amides is 1. The number of hydrogen-bond acceptors (Lipinski definition) is 5. The van der Waals surface area contributed by atoms with Crippen molar-refractivity contribution >= 4 is 11.9 Å². The van der Waals surface area contributed by atoms with Crippen LogP contribution < -0.4 is 9.47 Å². The zero-order valence-electron chi connectivity index (χ0n) is 17.4. The van der Waals surface area contributed by atoms with E-state index < -0.39 is 29.8 Å². The molecular formula is C25H22FNO5. The summed E-state index contributed by atoms with van der Waals surface area (Å²) in [5.41, 5.74) is 0.303. The molecule has 32 heavy (non-hydrogen) atoms. The third kappa shape index (κ3) is 4.56. The number of methoxy groups -OCH3 is 1. The van der Waals surface area contributed by atoms with E-state index in [1.165, 1.54) is 24.1 Å². The van der Waals surface area contributed by atoms with Crippen molar-refractivity contribution < 1.29 is 28.2 Å². The van der Waals surface area contributed by atoms with Crippen molar-refractivity contribution in [3.05, 3.63) is 90.2 Å². The van der Waals surface area contributed by atoms with E-state index in [0.29, 0.717) is 17.1 Å². The molecule has 0 saturated carbocycles. The second-order valence-corrected chi connectivity index (χ2v) is 7.31. The van der Waals surface area contributed by atoms with E-state index in [4.69, 9.17) is 14.2 Å². The van der Waals surface area contributed by atoms with E-state index in [-0.39, 0.29) is 18.7 Å². The van der Waals surface area contributed by atoms with Crippen molar-refractivity contribution in [1.82, 2.24) is 4.90 Å². The largest absolute Gasteiger partial charge is 0.485 e. The Morgan fingerprint density at radius 2 is 1.56 bits per heavy atom. The van der Waals surface area contributed by atoms with Gasteiger partial charge in [0.25, 0.3) is 5.91 Å². The van der Waals surface area contributed by atoms with Gasteiger partial charge in [0.1, 0.15) is 23.6 Å². The lowest BCUT2D eigenvalue weighted by Crippen LogP contribution is -2.41. The molecule has 2 atom stereocenters. The lowest BCUT2D eigenvalue weighted by Gasteiger charge is -2.23.